The van der Waals surface area contributed by atoms with Crippen molar-refractivity contribution < 1.29 is 13.6 Å². The van der Waals surface area contributed by atoms with Gasteiger partial charge in [-0.2, -0.15) is 5.26 Å². The van der Waals surface area contributed by atoms with Gasteiger partial charge in [0.05, 0.1) is 22.1 Å². The van der Waals surface area contributed by atoms with Crippen molar-refractivity contribution in [2.24, 2.45) is 5.92 Å². The summed E-state index contributed by atoms with van der Waals surface area (Å²) in [5, 5.41) is 8.71. The maximum Gasteiger partial charge on any atom is 0.228 e. The third-order valence-electron chi connectivity index (χ3n) is 2.59. The van der Waals surface area contributed by atoms with Gasteiger partial charge in [0.2, 0.25) is 5.91 Å². The topological polar surface area (TPSA) is 44.1 Å². The van der Waals surface area contributed by atoms with E-state index in [4.69, 9.17) is 5.26 Å². The molecule has 1 saturated heterocycles. The van der Waals surface area contributed by atoms with Crippen molar-refractivity contribution in [1.82, 2.24) is 0 Å². The largest absolute Gasteiger partial charge is 0.308 e. The molecule has 0 saturated carbocycles. The minimum absolute atomic E-state index is 0.00206. The van der Waals surface area contributed by atoms with Gasteiger partial charge in [-0.25, -0.2) is 8.78 Å². The monoisotopic (exact) mass is 300 g/mol. The Morgan fingerprint density at radius 1 is 1.41 bits per heavy atom. The fraction of sp³-hybridized carbons (Fsp3) is 0.273. The Kier molecular flexibility index (Phi) is 3.11. The molecule has 1 amide bonds. The average molecular weight is 301 g/mol. The molecule has 1 aliphatic rings. The maximum atomic E-state index is 13.6. The molecule has 1 heterocycles. The van der Waals surface area contributed by atoms with Crippen molar-refractivity contribution in [3.63, 3.8) is 0 Å². The number of hydrogen-bond acceptors (Lipinski definition) is 2. The molecular formula is C11H7BrF2N2O. The van der Waals surface area contributed by atoms with Crippen molar-refractivity contribution in [1.29, 1.82) is 5.26 Å². The Hall–Kier alpha value is -1.48. The lowest BCUT2D eigenvalue weighted by Gasteiger charge is -2.17. The highest BCUT2D eigenvalue weighted by molar-refractivity contribution is 9.10. The Bertz CT molecular complexity index is 527. The highest BCUT2D eigenvalue weighted by Crippen LogP contribution is 2.30. The molecule has 17 heavy (non-hydrogen) atoms. The highest BCUT2D eigenvalue weighted by atomic mass is 79.9. The first kappa shape index (κ1) is 12.0. The third kappa shape index (κ3) is 2.15. The number of rotatable bonds is 1. The quantitative estimate of drug-likeness (QED) is 0.748. The van der Waals surface area contributed by atoms with Gasteiger partial charge in [0, 0.05) is 19.0 Å². The lowest BCUT2D eigenvalue weighted by molar-refractivity contribution is -0.117. The lowest BCUT2D eigenvalue weighted by atomic mass is 10.1. The fourth-order valence-corrected chi connectivity index (χ4v) is 2.06. The van der Waals surface area contributed by atoms with Crippen molar-refractivity contribution >= 4 is 27.5 Å². The van der Waals surface area contributed by atoms with E-state index >= 15 is 0 Å². The normalized spacial score (nSPS) is 19.5. The van der Waals surface area contributed by atoms with E-state index < -0.39 is 17.6 Å². The summed E-state index contributed by atoms with van der Waals surface area (Å²) in [5.41, 5.74) is -0.117. The highest BCUT2D eigenvalue weighted by Gasteiger charge is 2.32. The number of nitrogens with zero attached hydrogens (tertiary/aromatic N) is 2. The second kappa shape index (κ2) is 4.41. The van der Waals surface area contributed by atoms with Crippen LogP contribution < -0.4 is 4.90 Å². The second-order valence-electron chi connectivity index (χ2n) is 3.75. The Labute approximate surface area is 105 Å². The molecule has 0 aliphatic carbocycles. The summed E-state index contributed by atoms with van der Waals surface area (Å²) >= 11 is 2.86. The van der Waals surface area contributed by atoms with Gasteiger partial charge in [-0.1, -0.05) is 0 Å². The number of benzene rings is 1. The van der Waals surface area contributed by atoms with Crippen LogP contribution in [0.4, 0.5) is 14.5 Å². The van der Waals surface area contributed by atoms with E-state index in [2.05, 4.69) is 15.9 Å². The van der Waals surface area contributed by atoms with Crippen molar-refractivity contribution in [2.75, 3.05) is 11.4 Å². The smallest absolute Gasteiger partial charge is 0.228 e. The van der Waals surface area contributed by atoms with Gasteiger partial charge in [-0.15, -0.1) is 0 Å². The first-order valence-corrected chi connectivity index (χ1v) is 5.66. The molecule has 1 aromatic rings. The summed E-state index contributed by atoms with van der Waals surface area (Å²) in [4.78, 5) is 12.7. The van der Waals surface area contributed by atoms with E-state index in [-0.39, 0.29) is 29.0 Å². The molecule has 0 N–H and O–H groups in total. The van der Waals surface area contributed by atoms with E-state index in [1.165, 1.54) is 0 Å². The van der Waals surface area contributed by atoms with E-state index in [9.17, 15) is 13.6 Å². The van der Waals surface area contributed by atoms with Gasteiger partial charge < -0.3 is 4.90 Å². The Morgan fingerprint density at radius 3 is 2.71 bits per heavy atom. The summed E-state index contributed by atoms with van der Waals surface area (Å²) in [6, 6.07) is 3.88. The molecule has 6 heteroatoms. The predicted molar refractivity (Wildman–Crippen MR) is 60.1 cm³/mol. The predicted octanol–water partition coefficient (Wildman–Crippen LogP) is 2.60. The summed E-state index contributed by atoms with van der Waals surface area (Å²) in [6.45, 7) is 0.104. The molecule has 88 valence electrons. The zero-order chi connectivity index (χ0) is 12.6. The van der Waals surface area contributed by atoms with E-state index in [1.54, 1.807) is 0 Å². The van der Waals surface area contributed by atoms with Gasteiger partial charge in [0.25, 0.3) is 0 Å². The van der Waals surface area contributed by atoms with Crippen LogP contribution in [0.3, 0.4) is 0 Å². The van der Waals surface area contributed by atoms with Gasteiger partial charge in [0.1, 0.15) is 11.6 Å². The molecular weight excluding hydrogens is 294 g/mol. The van der Waals surface area contributed by atoms with Gasteiger partial charge in [-0.3, -0.25) is 4.79 Å². The van der Waals surface area contributed by atoms with Crippen LogP contribution in [0.25, 0.3) is 0 Å². The first-order chi connectivity index (χ1) is 8.02. The molecule has 0 radical (unpaired) electrons. The fourth-order valence-electron chi connectivity index (χ4n) is 1.75. The molecule has 1 unspecified atom stereocenters. The summed E-state index contributed by atoms with van der Waals surface area (Å²) in [6.07, 6.45) is 0.0492. The lowest BCUT2D eigenvalue weighted by Crippen LogP contribution is -2.25. The number of carbonyl (C=O) groups is 1. The maximum absolute atomic E-state index is 13.6. The minimum atomic E-state index is -0.690. The number of carbonyl (C=O) groups excluding carboxylic acids is 1. The van der Waals surface area contributed by atoms with Gasteiger partial charge in [0.15, 0.2) is 0 Å². The van der Waals surface area contributed by atoms with Crippen LogP contribution in [0.15, 0.2) is 16.6 Å². The van der Waals surface area contributed by atoms with Crippen LogP contribution in [-0.4, -0.2) is 12.5 Å². The molecule has 1 fully saturated rings. The van der Waals surface area contributed by atoms with E-state index in [1.807, 2.05) is 6.07 Å². The SMILES string of the molecule is N#CC1CC(=O)N(c2cc(F)c(Br)cc2F)C1. The third-order valence-corrected chi connectivity index (χ3v) is 3.20. The number of nitriles is 1. The summed E-state index contributed by atoms with van der Waals surface area (Å²) in [5.74, 6) is -2.16. The average Bonchev–Trinajstić information content (AvgIpc) is 2.65. The summed E-state index contributed by atoms with van der Waals surface area (Å²) < 4.78 is 26.9. The zero-order valence-electron chi connectivity index (χ0n) is 8.58. The standard InChI is InChI=1S/C11H7BrF2N2O/c12-7-2-9(14)10(3-8(7)13)16-5-6(4-15)1-11(16)17/h2-3,6H,1,5H2. The molecule has 2 rings (SSSR count). The number of amides is 1. The molecule has 0 spiro atoms. The van der Waals surface area contributed by atoms with E-state index in [0.29, 0.717) is 0 Å². The number of hydrogen-bond donors (Lipinski definition) is 0. The number of halogens is 3. The minimum Gasteiger partial charge on any atom is -0.308 e. The Balaban J connectivity index is 2.39. The van der Waals surface area contributed by atoms with Crippen molar-refractivity contribution in [2.45, 2.75) is 6.42 Å². The van der Waals surface area contributed by atoms with Crippen molar-refractivity contribution in [3.05, 3.63) is 28.2 Å². The first-order valence-electron chi connectivity index (χ1n) is 4.87. The van der Waals surface area contributed by atoms with Crippen LogP contribution >= 0.6 is 15.9 Å². The van der Waals surface area contributed by atoms with E-state index in [0.717, 1.165) is 17.0 Å². The van der Waals surface area contributed by atoms with Crippen LogP contribution in [0.1, 0.15) is 6.42 Å². The van der Waals surface area contributed by atoms with Crippen molar-refractivity contribution in [3.8, 4) is 6.07 Å². The molecule has 0 aromatic heterocycles. The van der Waals surface area contributed by atoms with Crippen LogP contribution in [0.5, 0.6) is 0 Å². The molecule has 1 atom stereocenters. The van der Waals surface area contributed by atoms with Gasteiger partial charge in [-0.05, 0) is 22.0 Å². The molecule has 1 aliphatic heterocycles. The molecule has 0 bridgehead atoms. The zero-order valence-corrected chi connectivity index (χ0v) is 10.2. The van der Waals surface area contributed by atoms with Crippen LogP contribution in [-0.2, 0) is 4.79 Å². The Morgan fingerprint density at radius 2 is 2.12 bits per heavy atom. The van der Waals surface area contributed by atoms with Crippen LogP contribution in [0, 0.1) is 28.9 Å². The second-order valence-corrected chi connectivity index (χ2v) is 4.61. The van der Waals surface area contributed by atoms with Gasteiger partial charge >= 0.3 is 0 Å². The summed E-state index contributed by atoms with van der Waals surface area (Å²) in [7, 11) is 0. The number of anilines is 1. The molecule has 1 aromatic carbocycles. The van der Waals surface area contributed by atoms with Crippen LogP contribution in [0.2, 0.25) is 0 Å². The molecule has 3 nitrogen and oxygen atoms in total.